The largest absolute Gasteiger partial charge is 0.380 e. The van der Waals surface area contributed by atoms with Crippen molar-refractivity contribution in [1.82, 2.24) is 4.90 Å². The van der Waals surface area contributed by atoms with Gasteiger partial charge in [-0.05, 0) is 44.6 Å². The van der Waals surface area contributed by atoms with Gasteiger partial charge in [0.1, 0.15) is 0 Å². The summed E-state index contributed by atoms with van der Waals surface area (Å²) in [4.78, 5) is 2.33. The zero-order valence-corrected chi connectivity index (χ0v) is 13.3. The third kappa shape index (κ3) is 4.78. The second-order valence-corrected chi connectivity index (χ2v) is 6.86. The van der Waals surface area contributed by atoms with Crippen LogP contribution in [0.15, 0.2) is 0 Å². The number of hydrogen-bond acceptors (Lipinski definition) is 3. The van der Waals surface area contributed by atoms with Crippen LogP contribution in [0.4, 0.5) is 0 Å². The van der Waals surface area contributed by atoms with Crippen molar-refractivity contribution in [1.29, 1.82) is 5.26 Å². The number of hydrogen-bond donors (Lipinski definition) is 0. The molecule has 1 saturated carbocycles. The Kier molecular flexibility index (Phi) is 6.29. The lowest BCUT2D eigenvalue weighted by atomic mass is 9.68. The van der Waals surface area contributed by atoms with Gasteiger partial charge in [0, 0.05) is 19.2 Å². The van der Waals surface area contributed by atoms with Crippen LogP contribution < -0.4 is 0 Å². The minimum Gasteiger partial charge on any atom is -0.380 e. The number of nitrogens with zero attached hydrogens (tertiary/aromatic N) is 2. The standard InChI is InChI=1S/C16H30N2O/c1-6-19-10-9-18(5)15-11-14(16(2,3)4)8-7-13(15)12-17/h13-15H,6-11H2,1-5H3. The van der Waals surface area contributed by atoms with Crippen LogP contribution in [-0.4, -0.2) is 37.7 Å². The minimum atomic E-state index is 0.185. The highest BCUT2D eigenvalue weighted by Crippen LogP contribution is 2.41. The number of ether oxygens (including phenoxy) is 1. The average Bonchev–Trinajstić information content (AvgIpc) is 2.37. The summed E-state index contributed by atoms with van der Waals surface area (Å²) in [7, 11) is 2.14. The maximum Gasteiger partial charge on any atom is 0.0672 e. The molecule has 0 aliphatic heterocycles. The number of likely N-dealkylation sites (N-methyl/N-ethyl adjacent to an activating group) is 1. The van der Waals surface area contributed by atoms with Crippen molar-refractivity contribution in [2.45, 2.75) is 53.0 Å². The molecule has 1 rings (SSSR count). The Bertz CT molecular complexity index is 303. The highest BCUT2D eigenvalue weighted by Gasteiger charge is 2.37. The third-order valence-corrected chi connectivity index (χ3v) is 4.57. The summed E-state index contributed by atoms with van der Waals surface area (Å²) in [6, 6.07) is 2.91. The molecule has 1 aliphatic carbocycles. The van der Waals surface area contributed by atoms with E-state index in [1.165, 1.54) is 6.42 Å². The molecule has 0 aromatic carbocycles. The van der Waals surface area contributed by atoms with Crippen LogP contribution in [-0.2, 0) is 4.74 Å². The average molecular weight is 266 g/mol. The van der Waals surface area contributed by atoms with E-state index in [4.69, 9.17) is 4.74 Å². The normalized spacial score (nSPS) is 28.4. The Labute approximate surface area is 118 Å². The molecule has 1 aliphatic rings. The Hall–Kier alpha value is -0.590. The molecule has 3 nitrogen and oxygen atoms in total. The Morgan fingerprint density at radius 3 is 2.53 bits per heavy atom. The first kappa shape index (κ1) is 16.5. The van der Waals surface area contributed by atoms with Gasteiger partial charge in [-0.1, -0.05) is 20.8 Å². The summed E-state index contributed by atoms with van der Waals surface area (Å²) in [5.41, 5.74) is 0.347. The molecule has 0 amide bonds. The first-order valence-corrected chi connectivity index (χ1v) is 7.57. The Morgan fingerprint density at radius 1 is 1.32 bits per heavy atom. The van der Waals surface area contributed by atoms with Gasteiger partial charge in [-0.25, -0.2) is 0 Å². The molecule has 0 heterocycles. The summed E-state index contributed by atoms with van der Waals surface area (Å²) < 4.78 is 5.43. The smallest absolute Gasteiger partial charge is 0.0672 e. The predicted octanol–water partition coefficient (Wildman–Crippen LogP) is 3.31. The molecule has 19 heavy (non-hydrogen) atoms. The highest BCUT2D eigenvalue weighted by atomic mass is 16.5. The molecule has 3 atom stereocenters. The first-order valence-electron chi connectivity index (χ1n) is 7.57. The van der Waals surface area contributed by atoms with Crippen LogP contribution >= 0.6 is 0 Å². The van der Waals surface area contributed by atoms with E-state index in [1.807, 2.05) is 6.92 Å². The van der Waals surface area contributed by atoms with Crippen molar-refractivity contribution in [3.63, 3.8) is 0 Å². The quantitative estimate of drug-likeness (QED) is 0.716. The molecule has 3 heteroatoms. The Balaban J connectivity index is 2.62. The monoisotopic (exact) mass is 266 g/mol. The lowest BCUT2D eigenvalue weighted by molar-refractivity contribution is 0.0513. The molecule has 0 spiro atoms. The van der Waals surface area contributed by atoms with Crippen molar-refractivity contribution in [2.75, 3.05) is 26.8 Å². The van der Waals surface area contributed by atoms with E-state index in [1.54, 1.807) is 0 Å². The lowest BCUT2D eigenvalue weighted by Crippen LogP contribution is -2.45. The molecule has 0 N–H and O–H groups in total. The topological polar surface area (TPSA) is 36.3 Å². The first-order chi connectivity index (χ1) is 8.90. The number of nitriles is 1. The van der Waals surface area contributed by atoms with Gasteiger partial charge in [0.2, 0.25) is 0 Å². The minimum absolute atomic E-state index is 0.185. The molecule has 3 unspecified atom stereocenters. The summed E-state index contributed by atoms with van der Waals surface area (Å²) in [6.07, 6.45) is 3.38. The van der Waals surface area contributed by atoms with E-state index in [9.17, 15) is 5.26 Å². The molecule has 0 bridgehead atoms. The van der Waals surface area contributed by atoms with E-state index in [2.05, 4.69) is 38.8 Å². The molecule has 0 aromatic heterocycles. The van der Waals surface area contributed by atoms with E-state index < -0.39 is 0 Å². The molecular formula is C16H30N2O. The summed E-state index contributed by atoms with van der Waals surface area (Å²) >= 11 is 0. The van der Waals surface area contributed by atoms with Crippen molar-refractivity contribution in [2.24, 2.45) is 17.3 Å². The molecular weight excluding hydrogens is 236 g/mol. The third-order valence-electron chi connectivity index (χ3n) is 4.57. The highest BCUT2D eigenvalue weighted by molar-refractivity contribution is 4.98. The van der Waals surface area contributed by atoms with Crippen molar-refractivity contribution >= 4 is 0 Å². The molecule has 1 fully saturated rings. The number of rotatable bonds is 5. The van der Waals surface area contributed by atoms with Gasteiger partial charge >= 0.3 is 0 Å². The van der Waals surface area contributed by atoms with Crippen LogP contribution in [0.25, 0.3) is 0 Å². The van der Waals surface area contributed by atoms with Crippen LogP contribution in [0.3, 0.4) is 0 Å². The maximum atomic E-state index is 9.36. The molecule has 0 radical (unpaired) electrons. The summed E-state index contributed by atoms with van der Waals surface area (Å²) in [5.74, 6) is 0.905. The van der Waals surface area contributed by atoms with Gasteiger partial charge in [-0.2, -0.15) is 5.26 Å². The fourth-order valence-corrected chi connectivity index (χ4v) is 3.09. The second kappa shape index (κ2) is 7.26. The van der Waals surface area contributed by atoms with Crippen molar-refractivity contribution < 1.29 is 4.74 Å². The van der Waals surface area contributed by atoms with Gasteiger partial charge in [-0.3, -0.25) is 4.90 Å². The van der Waals surface area contributed by atoms with Crippen LogP contribution in [0.2, 0.25) is 0 Å². The summed E-state index contributed by atoms with van der Waals surface area (Å²) in [6.45, 7) is 11.4. The zero-order valence-electron chi connectivity index (χ0n) is 13.3. The van der Waals surface area contributed by atoms with Gasteiger partial charge < -0.3 is 4.74 Å². The molecule has 0 saturated heterocycles. The Morgan fingerprint density at radius 2 is 2.00 bits per heavy atom. The van der Waals surface area contributed by atoms with Gasteiger partial charge in [0.05, 0.1) is 18.6 Å². The van der Waals surface area contributed by atoms with E-state index >= 15 is 0 Å². The second-order valence-electron chi connectivity index (χ2n) is 6.86. The molecule has 110 valence electrons. The lowest BCUT2D eigenvalue weighted by Gasteiger charge is -2.43. The maximum absolute atomic E-state index is 9.36. The van der Waals surface area contributed by atoms with Gasteiger partial charge in [0.25, 0.3) is 0 Å². The fourth-order valence-electron chi connectivity index (χ4n) is 3.09. The van der Waals surface area contributed by atoms with Crippen LogP contribution in [0.1, 0.15) is 47.0 Å². The van der Waals surface area contributed by atoms with Crippen LogP contribution in [0.5, 0.6) is 0 Å². The predicted molar refractivity (Wildman–Crippen MR) is 78.8 cm³/mol. The SMILES string of the molecule is CCOCCN(C)C1CC(C(C)(C)C)CCC1C#N. The zero-order chi connectivity index (χ0) is 14.5. The van der Waals surface area contributed by atoms with E-state index in [-0.39, 0.29) is 5.92 Å². The van der Waals surface area contributed by atoms with Crippen LogP contribution in [0, 0.1) is 28.6 Å². The fraction of sp³-hybridized carbons (Fsp3) is 0.938. The van der Waals surface area contributed by atoms with E-state index in [0.29, 0.717) is 11.5 Å². The van der Waals surface area contributed by atoms with Gasteiger partial charge in [-0.15, -0.1) is 0 Å². The summed E-state index contributed by atoms with van der Waals surface area (Å²) in [5, 5.41) is 9.36. The van der Waals surface area contributed by atoms with E-state index in [0.717, 1.165) is 38.5 Å². The van der Waals surface area contributed by atoms with Crippen molar-refractivity contribution in [3.8, 4) is 6.07 Å². The van der Waals surface area contributed by atoms with Crippen molar-refractivity contribution in [3.05, 3.63) is 0 Å². The molecule has 0 aromatic rings. The van der Waals surface area contributed by atoms with Gasteiger partial charge in [0.15, 0.2) is 0 Å².